The monoisotopic (exact) mass is 419 g/mol. The largest absolute Gasteiger partial charge is 0.350 e. The molecular formula is C23H21N3OS2. The van der Waals surface area contributed by atoms with Crippen LogP contribution in [0.15, 0.2) is 78.0 Å². The number of carbonyl (C=O) groups excluding carboxylic acids is 1. The summed E-state index contributed by atoms with van der Waals surface area (Å²) in [7, 11) is 0. The second-order valence-corrected chi connectivity index (χ2v) is 8.43. The molecule has 1 unspecified atom stereocenters. The van der Waals surface area contributed by atoms with Crippen molar-refractivity contribution in [2.24, 2.45) is 0 Å². The number of rotatable bonds is 4. The second-order valence-electron chi connectivity index (χ2n) is 6.91. The number of nitrogens with one attached hydrogen (secondary N) is 3. The highest BCUT2D eigenvalue weighted by molar-refractivity contribution is 7.80. The molecule has 0 spiro atoms. The fourth-order valence-corrected chi connectivity index (χ4v) is 4.72. The molecule has 146 valence electrons. The summed E-state index contributed by atoms with van der Waals surface area (Å²) in [6, 6.07) is 21.8. The van der Waals surface area contributed by atoms with E-state index in [1.807, 2.05) is 56.3 Å². The summed E-state index contributed by atoms with van der Waals surface area (Å²) in [5.41, 5.74) is 4.39. The number of allylic oxidation sites excluding steroid dienone is 1. The van der Waals surface area contributed by atoms with Gasteiger partial charge >= 0.3 is 0 Å². The summed E-state index contributed by atoms with van der Waals surface area (Å²) < 4.78 is 0. The Balaban J connectivity index is 1.67. The Labute approximate surface area is 179 Å². The van der Waals surface area contributed by atoms with Crippen molar-refractivity contribution >= 4 is 40.3 Å². The number of thiocarbonyl (C=S) groups is 1. The third-order valence-electron chi connectivity index (χ3n) is 4.88. The van der Waals surface area contributed by atoms with Gasteiger partial charge in [-0.15, -0.1) is 11.3 Å². The number of carbonyl (C=O) groups is 1. The summed E-state index contributed by atoms with van der Waals surface area (Å²) in [6.07, 6.45) is 0. The zero-order valence-corrected chi connectivity index (χ0v) is 17.8. The molecule has 0 aliphatic carbocycles. The van der Waals surface area contributed by atoms with Crippen molar-refractivity contribution in [3.05, 3.63) is 88.4 Å². The van der Waals surface area contributed by atoms with Gasteiger partial charge in [0.15, 0.2) is 5.11 Å². The molecule has 0 fully saturated rings. The van der Waals surface area contributed by atoms with Gasteiger partial charge in [-0.05, 0) is 55.4 Å². The Kier molecular flexibility index (Phi) is 5.47. The standard InChI is InChI=1S/C23H21N3OS2/c1-14-8-6-7-11-17(14)25-22(27)20-15(2)24-23(28)26-21(20)19-13-12-18(29-19)16-9-4-3-5-10-16/h3-13,21H,1-2H3,(H,25,27)(H2,24,26,28). The molecule has 29 heavy (non-hydrogen) atoms. The van der Waals surface area contributed by atoms with E-state index in [9.17, 15) is 4.79 Å². The molecule has 0 radical (unpaired) electrons. The lowest BCUT2D eigenvalue weighted by Gasteiger charge is -2.29. The van der Waals surface area contributed by atoms with Crippen LogP contribution >= 0.6 is 23.6 Å². The average molecular weight is 420 g/mol. The van der Waals surface area contributed by atoms with Gasteiger partial charge in [-0.2, -0.15) is 0 Å². The SMILES string of the molecule is CC1=C(C(=O)Nc2ccccc2C)C(c2ccc(-c3ccccc3)s2)NC(=S)N1. The van der Waals surface area contributed by atoms with Crippen molar-refractivity contribution in [2.75, 3.05) is 5.32 Å². The summed E-state index contributed by atoms with van der Waals surface area (Å²) in [5, 5.41) is 9.93. The van der Waals surface area contributed by atoms with Gasteiger partial charge in [-0.25, -0.2) is 0 Å². The van der Waals surface area contributed by atoms with Crippen LogP contribution in [0.25, 0.3) is 10.4 Å². The Morgan fingerprint density at radius 3 is 2.48 bits per heavy atom. The number of thiophene rings is 1. The molecule has 4 rings (SSSR count). The molecule has 0 saturated carbocycles. The molecule has 4 nitrogen and oxygen atoms in total. The molecule has 0 saturated heterocycles. The van der Waals surface area contributed by atoms with Crippen LogP contribution in [0, 0.1) is 6.92 Å². The highest BCUT2D eigenvalue weighted by Gasteiger charge is 2.31. The first-order chi connectivity index (χ1) is 14.0. The minimum atomic E-state index is -0.296. The van der Waals surface area contributed by atoms with E-state index in [2.05, 4.69) is 40.2 Å². The molecule has 2 aromatic carbocycles. The first kappa shape index (κ1) is 19.4. The van der Waals surface area contributed by atoms with Crippen molar-refractivity contribution < 1.29 is 4.79 Å². The fourth-order valence-electron chi connectivity index (χ4n) is 3.38. The van der Waals surface area contributed by atoms with Gasteiger partial charge in [0, 0.05) is 21.1 Å². The molecule has 1 aromatic heterocycles. The molecule has 1 atom stereocenters. The van der Waals surface area contributed by atoms with Gasteiger partial charge in [-0.1, -0.05) is 48.5 Å². The van der Waals surface area contributed by atoms with Gasteiger partial charge in [0.05, 0.1) is 11.6 Å². The molecule has 6 heteroatoms. The molecular weight excluding hydrogens is 398 g/mol. The highest BCUT2D eigenvalue weighted by Crippen LogP contribution is 2.36. The zero-order valence-electron chi connectivity index (χ0n) is 16.2. The predicted molar refractivity (Wildman–Crippen MR) is 124 cm³/mol. The Morgan fingerprint density at radius 2 is 1.72 bits per heavy atom. The zero-order chi connectivity index (χ0) is 20.4. The maximum atomic E-state index is 13.2. The quantitative estimate of drug-likeness (QED) is 0.512. The predicted octanol–water partition coefficient (Wildman–Crippen LogP) is 5.16. The number of aryl methyl sites for hydroxylation is 1. The average Bonchev–Trinajstić information content (AvgIpc) is 3.20. The Hall–Kier alpha value is -2.96. The van der Waals surface area contributed by atoms with E-state index in [-0.39, 0.29) is 11.9 Å². The van der Waals surface area contributed by atoms with Crippen LogP contribution in [0.5, 0.6) is 0 Å². The first-order valence-electron chi connectivity index (χ1n) is 9.33. The smallest absolute Gasteiger partial charge is 0.255 e. The van der Waals surface area contributed by atoms with Crippen molar-refractivity contribution in [2.45, 2.75) is 19.9 Å². The minimum absolute atomic E-state index is 0.140. The summed E-state index contributed by atoms with van der Waals surface area (Å²) in [5.74, 6) is -0.140. The molecule has 1 aliphatic rings. The lowest BCUT2D eigenvalue weighted by Crippen LogP contribution is -2.45. The topological polar surface area (TPSA) is 53.2 Å². The maximum absolute atomic E-state index is 13.2. The number of para-hydroxylation sites is 1. The number of hydrogen-bond acceptors (Lipinski definition) is 3. The van der Waals surface area contributed by atoms with E-state index in [0.29, 0.717) is 10.7 Å². The van der Waals surface area contributed by atoms with E-state index in [0.717, 1.165) is 32.3 Å². The van der Waals surface area contributed by atoms with Crippen molar-refractivity contribution in [1.82, 2.24) is 10.6 Å². The van der Waals surface area contributed by atoms with Crippen LogP contribution in [0.3, 0.4) is 0 Å². The van der Waals surface area contributed by atoms with E-state index in [4.69, 9.17) is 12.2 Å². The van der Waals surface area contributed by atoms with Crippen molar-refractivity contribution in [3.8, 4) is 10.4 Å². The van der Waals surface area contributed by atoms with Gasteiger partial charge in [0.2, 0.25) is 0 Å². The minimum Gasteiger partial charge on any atom is -0.350 e. The van der Waals surface area contributed by atoms with E-state index in [1.165, 1.54) is 0 Å². The highest BCUT2D eigenvalue weighted by atomic mass is 32.1. The Morgan fingerprint density at radius 1 is 1.00 bits per heavy atom. The van der Waals surface area contributed by atoms with Gasteiger partial charge in [-0.3, -0.25) is 4.79 Å². The molecule has 3 N–H and O–H groups in total. The molecule has 3 aromatic rings. The number of hydrogen-bond donors (Lipinski definition) is 3. The third-order valence-corrected chi connectivity index (χ3v) is 6.30. The molecule has 0 bridgehead atoms. The fraction of sp³-hybridized carbons (Fsp3) is 0.130. The Bertz CT molecular complexity index is 1100. The van der Waals surface area contributed by atoms with Crippen molar-refractivity contribution in [3.63, 3.8) is 0 Å². The maximum Gasteiger partial charge on any atom is 0.255 e. The normalized spacial score (nSPS) is 16.2. The van der Waals surface area contributed by atoms with E-state index >= 15 is 0 Å². The van der Waals surface area contributed by atoms with Gasteiger partial charge < -0.3 is 16.0 Å². The van der Waals surface area contributed by atoms with Crippen molar-refractivity contribution in [1.29, 1.82) is 0 Å². The third kappa shape index (κ3) is 4.09. The lowest BCUT2D eigenvalue weighted by atomic mass is 10.0. The van der Waals surface area contributed by atoms with Crippen LogP contribution in [-0.4, -0.2) is 11.0 Å². The van der Waals surface area contributed by atoms with Crippen LogP contribution in [-0.2, 0) is 4.79 Å². The number of amides is 1. The van der Waals surface area contributed by atoms with Crippen LogP contribution in [0.1, 0.15) is 23.4 Å². The van der Waals surface area contributed by atoms with Gasteiger partial charge in [0.1, 0.15) is 0 Å². The van der Waals surface area contributed by atoms with Crippen LogP contribution in [0.2, 0.25) is 0 Å². The molecule has 1 aliphatic heterocycles. The number of anilines is 1. The van der Waals surface area contributed by atoms with E-state index in [1.54, 1.807) is 11.3 Å². The molecule has 1 amide bonds. The number of benzene rings is 2. The summed E-state index contributed by atoms with van der Waals surface area (Å²) >= 11 is 7.03. The summed E-state index contributed by atoms with van der Waals surface area (Å²) in [4.78, 5) is 15.4. The van der Waals surface area contributed by atoms with Gasteiger partial charge in [0.25, 0.3) is 5.91 Å². The summed E-state index contributed by atoms with van der Waals surface area (Å²) in [6.45, 7) is 3.87. The second kappa shape index (κ2) is 8.19. The van der Waals surface area contributed by atoms with Crippen LogP contribution in [0.4, 0.5) is 5.69 Å². The van der Waals surface area contributed by atoms with Crippen LogP contribution < -0.4 is 16.0 Å². The molecule has 2 heterocycles. The van der Waals surface area contributed by atoms with E-state index < -0.39 is 0 Å². The lowest BCUT2D eigenvalue weighted by molar-refractivity contribution is -0.113. The first-order valence-corrected chi connectivity index (χ1v) is 10.6.